The Morgan fingerprint density at radius 1 is 1.33 bits per heavy atom. The fourth-order valence-electron chi connectivity index (χ4n) is 1.74. The number of hydrogen-bond donors (Lipinski definition) is 1. The number of nitrogens with zero attached hydrogens (tertiary/aromatic N) is 2. The summed E-state index contributed by atoms with van der Waals surface area (Å²) in [4.78, 5) is 10.6. The Kier molecular flexibility index (Phi) is 6.60. The van der Waals surface area contributed by atoms with E-state index in [1.54, 1.807) is 31.2 Å². The van der Waals surface area contributed by atoms with Crippen molar-refractivity contribution in [3.63, 3.8) is 0 Å². The number of rotatable bonds is 8. The number of carbonyl (C=O) groups is 1. The van der Waals surface area contributed by atoms with Crippen LogP contribution in [0.25, 0.3) is 0 Å². The molecule has 0 spiro atoms. The second-order valence-corrected chi connectivity index (χ2v) is 6.93. The quantitative estimate of drug-likeness (QED) is 0.786. The van der Waals surface area contributed by atoms with E-state index in [-0.39, 0.29) is 26.1 Å². The third kappa shape index (κ3) is 4.96. The Bertz CT molecular complexity index is 592. The number of halogens is 1. The summed E-state index contributed by atoms with van der Waals surface area (Å²) in [5.74, 6) is -1.04. The third-order valence-electron chi connectivity index (χ3n) is 3.02. The fourth-order valence-corrected chi connectivity index (χ4v) is 3.28. The molecular weight excluding hydrogens is 316 g/mol. The van der Waals surface area contributed by atoms with Gasteiger partial charge in [0, 0.05) is 31.7 Å². The molecule has 1 aromatic carbocycles. The van der Waals surface area contributed by atoms with Crippen LogP contribution in [0, 0.1) is 0 Å². The minimum absolute atomic E-state index is 0.0727. The summed E-state index contributed by atoms with van der Waals surface area (Å²) < 4.78 is 27.1. The maximum atomic E-state index is 12.4. The van der Waals surface area contributed by atoms with E-state index in [4.69, 9.17) is 16.7 Å². The van der Waals surface area contributed by atoms with Gasteiger partial charge in [0.1, 0.15) is 0 Å². The van der Waals surface area contributed by atoms with Crippen LogP contribution in [0.3, 0.4) is 0 Å². The van der Waals surface area contributed by atoms with Gasteiger partial charge in [-0.15, -0.1) is 0 Å². The van der Waals surface area contributed by atoms with E-state index in [9.17, 15) is 13.2 Å². The van der Waals surface area contributed by atoms with Crippen molar-refractivity contribution in [1.82, 2.24) is 8.61 Å². The van der Waals surface area contributed by atoms with Crippen LogP contribution in [0.4, 0.5) is 0 Å². The van der Waals surface area contributed by atoms with Gasteiger partial charge in [-0.1, -0.05) is 36.7 Å². The Labute approximate surface area is 130 Å². The number of benzene rings is 1. The average molecular weight is 335 g/mol. The second-order valence-electron chi connectivity index (χ2n) is 4.49. The summed E-state index contributed by atoms with van der Waals surface area (Å²) in [5.41, 5.74) is 0.705. The summed E-state index contributed by atoms with van der Waals surface area (Å²) in [7, 11) is -2.35. The zero-order valence-corrected chi connectivity index (χ0v) is 13.6. The molecular formula is C13H19ClN2O4S. The molecule has 1 N–H and O–H groups in total. The van der Waals surface area contributed by atoms with Crippen LogP contribution >= 0.6 is 11.6 Å². The molecule has 0 atom stereocenters. The molecule has 0 saturated carbocycles. The lowest BCUT2D eigenvalue weighted by molar-refractivity contribution is -0.137. The van der Waals surface area contributed by atoms with E-state index in [0.717, 1.165) is 4.31 Å². The van der Waals surface area contributed by atoms with Crippen molar-refractivity contribution in [3.8, 4) is 0 Å². The molecule has 21 heavy (non-hydrogen) atoms. The van der Waals surface area contributed by atoms with Crippen LogP contribution in [-0.2, 0) is 21.5 Å². The Balaban J connectivity index is 2.87. The van der Waals surface area contributed by atoms with Crippen LogP contribution in [0.1, 0.15) is 18.9 Å². The molecule has 0 bridgehead atoms. The van der Waals surface area contributed by atoms with Gasteiger partial charge in [-0.3, -0.25) is 4.79 Å². The molecule has 0 aromatic heterocycles. The number of carboxylic acid groups (broad SMARTS) is 1. The van der Waals surface area contributed by atoms with Crippen LogP contribution < -0.4 is 0 Å². The van der Waals surface area contributed by atoms with Gasteiger partial charge in [-0.25, -0.2) is 0 Å². The summed E-state index contributed by atoms with van der Waals surface area (Å²) in [6.45, 7) is 2.07. The second kappa shape index (κ2) is 7.74. The van der Waals surface area contributed by atoms with E-state index in [1.165, 1.54) is 11.4 Å². The van der Waals surface area contributed by atoms with Crippen molar-refractivity contribution in [2.45, 2.75) is 19.9 Å². The molecule has 0 aliphatic rings. The highest BCUT2D eigenvalue weighted by Crippen LogP contribution is 2.19. The molecule has 1 rings (SSSR count). The molecule has 0 aliphatic carbocycles. The standard InChI is InChI=1S/C13H19ClN2O4S/c1-3-16(10-11-6-4-5-7-12(11)14)21(19,20)15(2)9-8-13(17)18/h4-7H,3,8-10H2,1-2H3,(H,17,18). The highest BCUT2D eigenvalue weighted by molar-refractivity contribution is 7.86. The fraction of sp³-hybridized carbons (Fsp3) is 0.462. The molecule has 0 heterocycles. The topological polar surface area (TPSA) is 77.9 Å². The summed E-state index contributed by atoms with van der Waals surface area (Å²) >= 11 is 6.04. The number of hydrogen-bond acceptors (Lipinski definition) is 3. The minimum Gasteiger partial charge on any atom is -0.481 e. The van der Waals surface area contributed by atoms with Crippen molar-refractivity contribution in [2.24, 2.45) is 0 Å². The smallest absolute Gasteiger partial charge is 0.304 e. The van der Waals surface area contributed by atoms with Crippen molar-refractivity contribution in [2.75, 3.05) is 20.1 Å². The van der Waals surface area contributed by atoms with E-state index in [0.29, 0.717) is 10.6 Å². The van der Waals surface area contributed by atoms with Gasteiger partial charge in [0.25, 0.3) is 10.2 Å². The Morgan fingerprint density at radius 2 is 1.95 bits per heavy atom. The van der Waals surface area contributed by atoms with Crippen molar-refractivity contribution < 1.29 is 18.3 Å². The molecule has 0 radical (unpaired) electrons. The molecule has 118 valence electrons. The Morgan fingerprint density at radius 3 is 2.48 bits per heavy atom. The zero-order chi connectivity index (χ0) is 16.0. The zero-order valence-electron chi connectivity index (χ0n) is 12.0. The number of carboxylic acids is 1. The van der Waals surface area contributed by atoms with E-state index in [2.05, 4.69) is 0 Å². The first-order valence-corrected chi connectivity index (χ1v) is 8.23. The maximum absolute atomic E-state index is 12.4. The van der Waals surface area contributed by atoms with Crippen LogP contribution in [0.15, 0.2) is 24.3 Å². The van der Waals surface area contributed by atoms with Gasteiger partial charge >= 0.3 is 5.97 Å². The number of aliphatic carboxylic acids is 1. The van der Waals surface area contributed by atoms with Gasteiger partial charge in [-0.05, 0) is 11.6 Å². The molecule has 1 aromatic rings. The lowest BCUT2D eigenvalue weighted by Crippen LogP contribution is -2.42. The van der Waals surface area contributed by atoms with Gasteiger partial charge in [0.2, 0.25) is 0 Å². The monoisotopic (exact) mass is 334 g/mol. The molecule has 8 heteroatoms. The van der Waals surface area contributed by atoms with Crippen LogP contribution in [0.5, 0.6) is 0 Å². The minimum atomic E-state index is -3.72. The van der Waals surface area contributed by atoms with E-state index < -0.39 is 16.2 Å². The van der Waals surface area contributed by atoms with Crippen molar-refractivity contribution >= 4 is 27.8 Å². The summed E-state index contributed by atoms with van der Waals surface area (Å²) in [5, 5.41) is 9.14. The van der Waals surface area contributed by atoms with Gasteiger partial charge < -0.3 is 5.11 Å². The highest BCUT2D eigenvalue weighted by atomic mass is 35.5. The summed E-state index contributed by atoms with van der Waals surface area (Å²) in [6, 6.07) is 7.02. The van der Waals surface area contributed by atoms with Gasteiger partial charge in [-0.2, -0.15) is 17.0 Å². The van der Waals surface area contributed by atoms with Crippen LogP contribution in [0.2, 0.25) is 5.02 Å². The molecule has 0 saturated heterocycles. The molecule has 0 amide bonds. The van der Waals surface area contributed by atoms with E-state index in [1.807, 2.05) is 0 Å². The molecule has 6 nitrogen and oxygen atoms in total. The van der Waals surface area contributed by atoms with Crippen LogP contribution in [-0.4, -0.2) is 48.2 Å². The predicted octanol–water partition coefficient (Wildman–Crippen LogP) is 1.81. The lowest BCUT2D eigenvalue weighted by Gasteiger charge is -2.26. The lowest BCUT2D eigenvalue weighted by atomic mass is 10.2. The van der Waals surface area contributed by atoms with Gasteiger partial charge in [0.15, 0.2) is 0 Å². The van der Waals surface area contributed by atoms with Crippen molar-refractivity contribution in [1.29, 1.82) is 0 Å². The first kappa shape index (κ1) is 17.9. The van der Waals surface area contributed by atoms with Crippen molar-refractivity contribution in [3.05, 3.63) is 34.9 Å². The summed E-state index contributed by atoms with van der Waals surface area (Å²) in [6.07, 6.45) is -0.237. The predicted molar refractivity (Wildman–Crippen MR) is 81.3 cm³/mol. The largest absolute Gasteiger partial charge is 0.481 e. The molecule has 0 unspecified atom stereocenters. The molecule has 0 fully saturated rings. The maximum Gasteiger partial charge on any atom is 0.304 e. The SMILES string of the molecule is CCN(Cc1ccccc1Cl)S(=O)(=O)N(C)CCC(=O)O. The van der Waals surface area contributed by atoms with E-state index >= 15 is 0 Å². The average Bonchev–Trinajstić information content (AvgIpc) is 2.43. The normalized spacial score (nSPS) is 12.0. The Hall–Kier alpha value is -1.15. The first-order valence-electron chi connectivity index (χ1n) is 6.45. The highest BCUT2D eigenvalue weighted by Gasteiger charge is 2.26. The molecule has 0 aliphatic heterocycles. The third-order valence-corrected chi connectivity index (χ3v) is 5.40. The van der Waals surface area contributed by atoms with Gasteiger partial charge in [0.05, 0.1) is 6.42 Å². The first-order chi connectivity index (χ1) is 9.78.